The highest BCUT2D eigenvalue weighted by Crippen LogP contribution is 2.27. The Kier molecular flexibility index (Phi) is 5.08. The summed E-state index contributed by atoms with van der Waals surface area (Å²) in [6.07, 6.45) is 0. The number of phenols is 1. The number of anilines is 1. The fourth-order valence-corrected chi connectivity index (χ4v) is 2.82. The molecule has 0 bridgehead atoms. The van der Waals surface area contributed by atoms with Crippen LogP contribution < -0.4 is 5.32 Å². The Bertz CT molecular complexity index is 717. The first kappa shape index (κ1) is 16.4. The molecule has 0 unspecified atom stereocenters. The van der Waals surface area contributed by atoms with Crippen LogP contribution in [0.15, 0.2) is 48.5 Å². The van der Waals surface area contributed by atoms with Gasteiger partial charge in [-0.3, -0.25) is 9.69 Å². The number of ether oxygens (including phenoxy) is 1. The Morgan fingerprint density at radius 3 is 2.62 bits per heavy atom. The van der Waals surface area contributed by atoms with Gasteiger partial charge in [-0.2, -0.15) is 0 Å². The number of hydrogen-bond donors (Lipinski definition) is 2. The van der Waals surface area contributed by atoms with E-state index >= 15 is 0 Å². The minimum Gasteiger partial charge on any atom is -0.506 e. The highest BCUT2D eigenvalue weighted by molar-refractivity contribution is 5.96. The van der Waals surface area contributed by atoms with Crippen LogP contribution in [-0.4, -0.2) is 42.2 Å². The minimum absolute atomic E-state index is 0.00850. The fraction of sp³-hybridized carbons (Fsp3) is 0.278. The van der Waals surface area contributed by atoms with Gasteiger partial charge in [-0.25, -0.2) is 4.39 Å². The maximum absolute atomic E-state index is 13.6. The van der Waals surface area contributed by atoms with Crippen LogP contribution in [-0.2, 0) is 9.53 Å². The van der Waals surface area contributed by atoms with Crippen LogP contribution in [0.5, 0.6) is 5.75 Å². The third-order valence-corrected chi connectivity index (χ3v) is 3.99. The number of halogens is 1. The number of morpholine rings is 1. The number of aromatic hydroxyl groups is 1. The van der Waals surface area contributed by atoms with Gasteiger partial charge in [0.2, 0.25) is 5.91 Å². The summed E-state index contributed by atoms with van der Waals surface area (Å²) in [4.78, 5) is 14.8. The van der Waals surface area contributed by atoms with E-state index in [4.69, 9.17) is 4.74 Å². The maximum atomic E-state index is 13.6. The molecule has 0 aliphatic carbocycles. The van der Waals surface area contributed by atoms with Gasteiger partial charge in [-0.05, 0) is 29.8 Å². The Balaban J connectivity index is 1.88. The summed E-state index contributed by atoms with van der Waals surface area (Å²) < 4.78 is 19.0. The monoisotopic (exact) mass is 330 g/mol. The zero-order valence-corrected chi connectivity index (χ0v) is 13.1. The highest BCUT2D eigenvalue weighted by Gasteiger charge is 2.29. The van der Waals surface area contributed by atoms with Crippen molar-refractivity contribution in [2.45, 2.75) is 6.04 Å². The number of para-hydroxylation sites is 2. The van der Waals surface area contributed by atoms with Crippen molar-refractivity contribution in [2.24, 2.45) is 0 Å². The molecule has 1 atom stereocenters. The van der Waals surface area contributed by atoms with Crippen molar-refractivity contribution in [2.75, 3.05) is 31.6 Å². The summed E-state index contributed by atoms with van der Waals surface area (Å²) in [7, 11) is 0. The summed E-state index contributed by atoms with van der Waals surface area (Å²) >= 11 is 0. The first-order chi connectivity index (χ1) is 11.6. The number of amides is 1. The zero-order chi connectivity index (χ0) is 16.9. The first-order valence-corrected chi connectivity index (χ1v) is 7.81. The predicted molar refractivity (Wildman–Crippen MR) is 88.3 cm³/mol. The maximum Gasteiger partial charge on any atom is 0.246 e. The van der Waals surface area contributed by atoms with Gasteiger partial charge in [0, 0.05) is 13.1 Å². The molecule has 24 heavy (non-hydrogen) atoms. The van der Waals surface area contributed by atoms with Crippen LogP contribution in [0.25, 0.3) is 0 Å². The van der Waals surface area contributed by atoms with Gasteiger partial charge in [0.25, 0.3) is 0 Å². The molecule has 1 fully saturated rings. The second kappa shape index (κ2) is 7.42. The Morgan fingerprint density at radius 1 is 1.17 bits per heavy atom. The molecule has 2 aromatic carbocycles. The SMILES string of the molecule is O=C(Nc1ccccc1O)[C@H](c1cccc(F)c1)N1CCOCC1. The fourth-order valence-electron chi connectivity index (χ4n) is 2.82. The third-order valence-electron chi connectivity index (χ3n) is 3.99. The molecular weight excluding hydrogens is 311 g/mol. The topological polar surface area (TPSA) is 61.8 Å². The van der Waals surface area contributed by atoms with E-state index in [0.717, 1.165) is 0 Å². The summed E-state index contributed by atoms with van der Waals surface area (Å²) in [5.74, 6) is -0.712. The van der Waals surface area contributed by atoms with E-state index < -0.39 is 6.04 Å². The second-order valence-electron chi connectivity index (χ2n) is 5.61. The Labute approximate surface area is 139 Å². The van der Waals surface area contributed by atoms with Crippen LogP contribution in [0, 0.1) is 5.82 Å². The molecule has 5 nitrogen and oxygen atoms in total. The molecule has 126 valence electrons. The molecule has 6 heteroatoms. The number of nitrogens with zero attached hydrogens (tertiary/aromatic N) is 1. The van der Waals surface area contributed by atoms with Crippen molar-refractivity contribution < 1.29 is 19.0 Å². The van der Waals surface area contributed by atoms with Crippen LogP contribution in [0.2, 0.25) is 0 Å². The number of carbonyl (C=O) groups excluding carboxylic acids is 1. The minimum atomic E-state index is -0.649. The Hall–Kier alpha value is -2.44. The zero-order valence-electron chi connectivity index (χ0n) is 13.1. The molecule has 1 aliphatic rings. The number of nitrogens with one attached hydrogen (secondary N) is 1. The van der Waals surface area contributed by atoms with E-state index in [0.29, 0.717) is 37.6 Å². The van der Waals surface area contributed by atoms with Crippen molar-refractivity contribution in [3.63, 3.8) is 0 Å². The van der Waals surface area contributed by atoms with Gasteiger partial charge in [0.05, 0.1) is 18.9 Å². The van der Waals surface area contributed by atoms with Crippen molar-refractivity contribution in [1.29, 1.82) is 0 Å². The van der Waals surface area contributed by atoms with Crippen LogP contribution >= 0.6 is 0 Å². The highest BCUT2D eigenvalue weighted by atomic mass is 19.1. The Morgan fingerprint density at radius 2 is 1.92 bits per heavy atom. The van der Waals surface area contributed by atoms with Gasteiger partial charge >= 0.3 is 0 Å². The number of phenolic OH excluding ortho intramolecular Hbond substituents is 1. The molecule has 3 rings (SSSR count). The number of benzene rings is 2. The van der Waals surface area contributed by atoms with E-state index in [-0.39, 0.29) is 17.5 Å². The number of hydrogen-bond acceptors (Lipinski definition) is 4. The molecule has 0 spiro atoms. The second-order valence-corrected chi connectivity index (χ2v) is 5.61. The van der Waals surface area contributed by atoms with E-state index in [1.807, 2.05) is 4.90 Å². The summed E-state index contributed by atoms with van der Waals surface area (Å²) in [6.45, 7) is 2.20. The summed E-state index contributed by atoms with van der Waals surface area (Å²) in [5.41, 5.74) is 0.905. The van der Waals surface area contributed by atoms with E-state index in [9.17, 15) is 14.3 Å². The molecule has 1 amide bonds. The summed E-state index contributed by atoms with van der Waals surface area (Å²) in [6, 6.07) is 11.9. The van der Waals surface area contributed by atoms with Crippen molar-refractivity contribution >= 4 is 11.6 Å². The smallest absolute Gasteiger partial charge is 0.246 e. The lowest BCUT2D eigenvalue weighted by Crippen LogP contribution is -2.43. The molecule has 0 radical (unpaired) electrons. The van der Waals surface area contributed by atoms with Crippen LogP contribution in [0.3, 0.4) is 0 Å². The predicted octanol–water partition coefficient (Wildman–Crippen LogP) is 2.54. The molecule has 1 heterocycles. The van der Waals surface area contributed by atoms with Gasteiger partial charge in [-0.15, -0.1) is 0 Å². The van der Waals surface area contributed by atoms with Crippen molar-refractivity contribution in [3.05, 3.63) is 59.9 Å². The van der Waals surface area contributed by atoms with Crippen LogP contribution in [0.1, 0.15) is 11.6 Å². The van der Waals surface area contributed by atoms with Gasteiger partial charge in [0.1, 0.15) is 17.6 Å². The number of carbonyl (C=O) groups is 1. The molecule has 1 saturated heterocycles. The van der Waals surface area contributed by atoms with Crippen LogP contribution in [0.4, 0.5) is 10.1 Å². The van der Waals surface area contributed by atoms with E-state index in [1.54, 1.807) is 30.3 Å². The van der Waals surface area contributed by atoms with E-state index in [1.165, 1.54) is 18.2 Å². The molecule has 0 aromatic heterocycles. The average Bonchev–Trinajstić information content (AvgIpc) is 2.58. The normalized spacial score (nSPS) is 16.5. The largest absolute Gasteiger partial charge is 0.506 e. The molecule has 2 N–H and O–H groups in total. The summed E-state index contributed by atoms with van der Waals surface area (Å²) in [5, 5.41) is 12.6. The van der Waals surface area contributed by atoms with Gasteiger partial charge in [0.15, 0.2) is 0 Å². The van der Waals surface area contributed by atoms with Gasteiger partial charge in [-0.1, -0.05) is 24.3 Å². The lowest BCUT2D eigenvalue weighted by molar-refractivity contribution is -0.123. The van der Waals surface area contributed by atoms with E-state index in [2.05, 4.69) is 5.32 Å². The third kappa shape index (κ3) is 3.72. The number of rotatable bonds is 4. The molecule has 1 aliphatic heterocycles. The molecular formula is C18H19FN2O3. The standard InChI is InChI=1S/C18H19FN2O3/c19-14-5-3-4-13(12-14)17(21-8-10-24-11-9-21)18(23)20-15-6-1-2-7-16(15)22/h1-7,12,17,22H,8-11H2,(H,20,23)/t17-/m0/s1. The first-order valence-electron chi connectivity index (χ1n) is 7.81. The average molecular weight is 330 g/mol. The lowest BCUT2D eigenvalue weighted by atomic mass is 10.0. The quantitative estimate of drug-likeness (QED) is 0.846. The molecule has 2 aromatic rings. The van der Waals surface area contributed by atoms with Gasteiger partial charge < -0.3 is 15.2 Å². The molecule has 0 saturated carbocycles. The van der Waals surface area contributed by atoms with Crippen molar-refractivity contribution in [3.8, 4) is 5.75 Å². The lowest BCUT2D eigenvalue weighted by Gasteiger charge is -2.33. The van der Waals surface area contributed by atoms with Crippen molar-refractivity contribution in [1.82, 2.24) is 4.90 Å².